The number of carbonyl (C=O) groups excluding carboxylic acids is 2. The average molecular weight is 358 g/mol. The number of ether oxygens (including phenoxy) is 1. The molecule has 25 heavy (non-hydrogen) atoms. The molecule has 0 aliphatic rings. The maximum Gasteiger partial charge on any atom is 0.305 e. The number of quaternary nitrogens is 1. The second-order valence-corrected chi connectivity index (χ2v) is 8.00. The van der Waals surface area contributed by atoms with Crippen LogP contribution in [0.3, 0.4) is 0 Å². The number of carbonyl (C=O) groups is 2. The van der Waals surface area contributed by atoms with Crippen LogP contribution >= 0.6 is 0 Å². The van der Waals surface area contributed by atoms with Gasteiger partial charge < -0.3 is 19.1 Å². The largest absolute Gasteiger partial charge is 0.550 e. The fraction of sp³-hybridized carbons (Fsp3) is 0.900. The van der Waals surface area contributed by atoms with Crippen LogP contribution < -0.4 is 5.11 Å². The molecule has 0 radical (unpaired) electrons. The molecule has 0 unspecified atom stereocenters. The van der Waals surface area contributed by atoms with E-state index in [-0.39, 0.29) is 12.4 Å². The van der Waals surface area contributed by atoms with Crippen molar-refractivity contribution in [3.63, 3.8) is 0 Å². The van der Waals surface area contributed by atoms with Gasteiger partial charge in [-0.25, -0.2) is 0 Å². The van der Waals surface area contributed by atoms with Crippen molar-refractivity contribution in [1.82, 2.24) is 0 Å². The first-order valence-electron chi connectivity index (χ1n) is 9.97. The highest BCUT2D eigenvalue weighted by Gasteiger charge is 2.09. The summed E-state index contributed by atoms with van der Waals surface area (Å²) in [4.78, 5) is 21.8. The van der Waals surface area contributed by atoms with E-state index >= 15 is 0 Å². The van der Waals surface area contributed by atoms with Crippen LogP contribution in [0.4, 0.5) is 0 Å². The standard InChI is InChI=1S/C20H39NO4/c1-21(2,3)17-18-25-20(24)16-14-12-10-8-6-4-5-7-9-11-13-15-19(22)23/h4-18H2,1-3H3. The third-order valence-corrected chi connectivity index (χ3v) is 4.29. The maximum atomic E-state index is 11.6. The third kappa shape index (κ3) is 20.9. The Morgan fingerprint density at radius 1 is 0.720 bits per heavy atom. The summed E-state index contributed by atoms with van der Waals surface area (Å²) >= 11 is 0. The Morgan fingerprint density at radius 3 is 1.52 bits per heavy atom. The van der Waals surface area contributed by atoms with Crippen LogP contribution in [0.1, 0.15) is 83.5 Å². The monoisotopic (exact) mass is 357 g/mol. The van der Waals surface area contributed by atoms with Crippen molar-refractivity contribution in [2.75, 3.05) is 34.3 Å². The Kier molecular flexibility index (Phi) is 14.5. The summed E-state index contributed by atoms with van der Waals surface area (Å²) in [6, 6.07) is 0. The molecule has 0 atom stereocenters. The zero-order chi connectivity index (χ0) is 19.0. The molecule has 0 heterocycles. The van der Waals surface area contributed by atoms with Crippen LogP contribution in [0.2, 0.25) is 0 Å². The summed E-state index contributed by atoms with van der Waals surface area (Å²) < 4.78 is 6.05. The van der Waals surface area contributed by atoms with Crippen molar-refractivity contribution >= 4 is 11.9 Å². The van der Waals surface area contributed by atoms with Gasteiger partial charge in [-0.2, -0.15) is 0 Å². The molecule has 0 aliphatic carbocycles. The Labute approximate surface area is 154 Å². The smallest absolute Gasteiger partial charge is 0.305 e. The van der Waals surface area contributed by atoms with Crippen molar-refractivity contribution in [2.24, 2.45) is 0 Å². The number of likely N-dealkylation sites (N-methyl/N-ethyl adjacent to an activating group) is 1. The van der Waals surface area contributed by atoms with Gasteiger partial charge in [0.2, 0.25) is 0 Å². The van der Waals surface area contributed by atoms with Crippen LogP contribution in [-0.4, -0.2) is 50.7 Å². The molecule has 0 saturated heterocycles. The van der Waals surface area contributed by atoms with Crippen molar-refractivity contribution < 1.29 is 23.9 Å². The van der Waals surface area contributed by atoms with E-state index in [9.17, 15) is 14.7 Å². The highest BCUT2D eigenvalue weighted by atomic mass is 16.5. The fourth-order valence-corrected chi connectivity index (χ4v) is 2.64. The predicted molar refractivity (Wildman–Crippen MR) is 98.9 cm³/mol. The summed E-state index contributed by atoms with van der Waals surface area (Å²) in [5.41, 5.74) is 0. The Bertz CT molecular complexity index is 350. The number of aliphatic carboxylic acids is 1. The number of esters is 1. The molecule has 0 aliphatic heterocycles. The molecule has 0 N–H and O–H groups in total. The Balaban J connectivity index is 3.20. The number of rotatable bonds is 17. The molecule has 0 fully saturated rings. The normalized spacial score (nSPS) is 11.5. The molecular weight excluding hydrogens is 318 g/mol. The Morgan fingerprint density at radius 2 is 1.12 bits per heavy atom. The van der Waals surface area contributed by atoms with Crippen molar-refractivity contribution in [3.8, 4) is 0 Å². The number of unbranched alkanes of at least 4 members (excludes halogenated alkanes) is 10. The summed E-state index contributed by atoms with van der Waals surface area (Å²) in [7, 11) is 6.26. The zero-order valence-electron chi connectivity index (χ0n) is 16.7. The van der Waals surface area contributed by atoms with Crippen molar-refractivity contribution in [3.05, 3.63) is 0 Å². The van der Waals surface area contributed by atoms with Crippen LogP contribution in [0.25, 0.3) is 0 Å². The lowest BCUT2D eigenvalue weighted by Crippen LogP contribution is -2.37. The second kappa shape index (κ2) is 15.2. The van der Waals surface area contributed by atoms with Crippen molar-refractivity contribution in [1.29, 1.82) is 0 Å². The third-order valence-electron chi connectivity index (χ3n) is 4.29. The van der Waals surface area contributed by atoms with Crippen LogP contribution in [-0.2, 0) is 14.3 Å². The molecule has 0 spiro atoms. The lowest BCUT2D eigenvalue weighted by molar-refractivity contribution is -0.870. The SMILES string of the molecule is C[N+](C)(C)CCOC(=O)CCCCCCCCCCCCCC(=O)[O-]. The fourth-order valence-electron chi connectivity index (χ4n) is 2.64. The summed E-state index contributed by atoms with van der Waals surface area (Å²) in [6.45, 7) is 1.36. The zero-order valence-corrected chi connectivity index (χ0v) is 16.7. The highest BCUT2D eigenvalue weighted by Crippen LogP contribution is 2.12. The van der Waals surface area contributed by atoms with Crippen LogP contribution in [0.5, 0.6) is 0 Å². The van der Waals surface area contributed by atoms with Gasteiger partial charge in [-0.15, -0.1) is 0 Å². The number of nitrogens with zero attached hydrogens (tertiary/aromatic N) is 1. The molecular formula is C20H39NO4. The number of carboxylic acids is 1. The first kappa shape index (κ1) is 23.9. The van der Waals surface area contributed by atoms with E-state index in [0.29, 0.717) is 13.0 Å². The van der Waals surface area contributed by atoms with E-state index in [1.807, 2.05) is 0 Å². The number of carboxylic acid groups (broad SMARTS) is 1. The van der Waals surface area contributed by atoms with E-state index in [2.05, 4.69) is 21.1 Å². The van der Waals surface area contributed by atoms with E-state index in [4.69, 9.17) is 4.74 Å². The van der Waals surface area contributed by atoms with Crippen LogP contribution in [0, 0.1) is 0 Å². The maximum absolute atomic E-state index is 11.6. The molecule has 0 rings (SSSR count). The van der Waals surface area contributed by atoms with E-state index in [0.717, 1.165) is 43.1 Å². The molecule has 0 aromatic carbocycles. The second-order valence-electron chi connectivity index (χ2n) is 8.00. The lowest BCUT2D eigenvalue weighted by atomic mass is 10.0. The molecule has 5 nitrogen and oxygen atoms in total. The van der Waals surface area contributed by atoms with Gasteiger partial charge in [0.25, 0.3) is 0 Å². The summed E-state index contributed by atoms with van der Waals surface area (Å²) in [5, 5.41) is 10.3. The first-order chi connectivity index (χ1) is 11.8. The minimum absolute atomic E-state index is 0.0628. The van der Waals surface area contributed by atoms with Crippen LogP contribution in [0.15, 0.2) is 0 Å². The topological polar surface area (TPSA) is 66.4 Å². The minimum atomic E-state index is -0.933. The molecule has 5 heteroatoms. The van der Waals surface area contributed by atoms with Gasteiger partial charge in [0.15, 0.2) is 0 Å². The van der Waals surface area contributed by atoms with Gasteiger partial charge in [-0.3, -0.25) is 4.79 Å². The van der Waals surface area contributed by atoms with Gasteiger partial charge in [0.1, 0.15) is 13.2 Å². The molecule has 0 bridgehead atoms. The minimum Gasteiger partial charge on any atom is -0.550 e. The van der Waals surface area contributed by atoms with Gasteiger partial charge in [0, 0.05) is 12.4 Å². The quantitative estimate of drug-likeness (QED) is 0.228. The van der Waals surface area contributed by atoms with E-state index in [1.165, 1.54) is 38.5 Å². The van der Waals surface area contributed by atoms with E-state index < -0.39 is 5.97 Å². The van der Waals surface area contributed by atoms with Gasteiger partial charge >= 0.3 is 5.97 Å². The molecule has 148 valence electrons. The highest BCUT2D eigenvalue weighted by molar-refractivity contribution is 5.69. The number of hydrogen-bond donors (Lipinski definition) is 0. The molecule has 0 aromatic heterocycles. The van der Waals surface area contributed by atoms with Gasteiger partial charge in [-0.05, 0) is 19.3 Å². The predicted octanol–water partition coefficient (Wildman–Crippen LogP) is 3.06. The average Bonchev–Trinajstić information content (AvgIpc) is 2.50. The van der Waals surface area contributed by atoms with Gasteiger partial charge in [0.05, 0.1) is 21.1 Å². The Hall–Kier alpha value is -1.10. The van der Waals surface area contributed by atoms with Gasteiger partial charge in [-0.1, -0.05) is 57.8 Å². The summed E-state index contributed by atoms with van der Waals surface area (Å²) in [6.07, 6.45) is 13.0. The first-order valence-corrected chi connectivity index (χ1v) is 9.97. The molecule has 0 aromatic rings. The molecule has 0 saturated carbocycles. The van der Waals surface area contributed by atoms with Crippen molar-refractivity contribution in [2.45, 2.75) is 83.5 Å². The molecule has 0 amide bonds. The number of hydrogen-bond acceptors (Lipinski definition) is 4. The summed E-state index contributed by atoms with van der Waals surface area (Å²) in [5.74, 6) is -0.996. The lowest BCUT2D eigenvalue weighted by Gasteiger charge is -2.23. The van der Waals surface area contributed by atoms with E-state index in [1.54, 1.807) is 0 Å².